The Hall–Kier alpha value is -2.63. The lowest BCUT2D eigenvalue weighted by molar-refractivity contribution is 0.0695. The first-order chi connectivity index (χ1) is 12.9. The molecule has 27 heavy (non-hydrogen) atoms. The number of halogens is 1. The van der Waals surface area contributed by atoms with Crippen molar-refractivity contribution in [1.29, 1.82) is 0 Å². The van der Waals surface area contributed by atoms with Crippen LogP contribution in [0, 0.1) is 0 Å². The van der Waals surface area contributed by atoms with Gasteiger partial charge in [0.2, 0.25) is 5.43 Å². The molecule has 2 aromatic carbocycles. The van der Waals surface area contributed by atoms with Gasteiger partial charge >= 0.3 is 5.97 Å². The highest BCUT2D eigenvalue weighted by molar-refractivity contribution is 6.32. The van der Waals surface area contributed by atoms with Gasteiger partial charge in [-0.1, -0.05) is 35.9 Å². The molecule has 0 aliphatic heterocycles. The number of hydrogen-bond acceptors (Lipinski definition) is 3. The second-order valence-electron chi connectivity index (χ2n) is 6.90. The van der Waals surface area contributed by atoms with Gasteiger partial charge in [0.05, 0.1) is 5.52 Å². The number of aromatic carboxylic acids is 1. The maximum absolute atomic E-state index is 12.8. The van der Waals surface area contributed by atoms with Crippen molar-refractivity contribution in [3.05, 3.63) is 80.1 Å². The lowest BCUT2D eigenvalue weighted by Gasteiger charge is -2.20. The van der Waals surface area contributed by atoms with E-state index in [1.165, 1.54) is 11.8 Å². The van der Waals surface area contributed by atoms with Crippen molar-refractivity contribution in [3.8, 4) is 0 Å². The average Bonchev–Trinajstić information content (AvgIpc) is 2.97. The van der Waals surface area contributed by atoms with Crippen molar-refractivity contribution in [2.24, 2.45) is 5.73 Å². The van der Waals surface area contributed by atoms with E-state index in [9.17, 15) is 14.7 Å². The van der Waals surface area contributed by atoms with Gasteiger partial charge in [0.15, 0.2) is 0 Å². The Morgan fingerprint density at radius 3 is 2.74 bits per heavy atom. The monoisotopic (exact) mass is 382 g/mol. The van der Waals surface area contributed by atoms with E-state index in [0.29, 0.717) is 22.5 Å². The fraction of sp³-hybridized carbons (Fsp3) is 0.238. The molecular formula is C21H19ClN2O3. The Bertz CT molecular complexity index is 1140. The summed E-state index contributed by atoms with van der Waals surface area (Å²) < 4.78 is 1.73. The molecule has 0 saturated heterocycles. The largest absolute Gasteiger partial charge is 0.477 e. The summed E-state index contributed by atoms with van der Waals surface area (Å²) in [5.74, 6) is -1.36. The zero-order valence-corrected chi connectivity index (χ0v) is 15.5. The number of nitrogens with zero attached hydrogens (tertiary/aromatic N) is 1. The van der Waals surface area contributed by atoms with Gasteiger partial charge in [0.25, 0.3) is 0 Å². The molecule has 0 fully saturated rings. The summed E-state index contributed by atoms with van der Waals surface area (Å²) in [6.45, 7) is 2.42. The fourth-order valence-corrected chi connectivity index (χ4v) is 4.38. The lowest BCUT2D eigenvalue weighted by atomic mass is 9.89. The summed E-state index contributed by atoms with van der Waals surface area (Å²) in [4.78, 5) is 24.3. The molecule has 2 atom stereocenters. The van der Waals surface area contributed by atoms with E-state index in [1.54, 1.807) is 16.7 Å². The summed E-state index contributed by atoms with van der Waals surface area (Å²) in [6.07, 6.45) is 2.11. The normalized spacial score (nSPS) is 18.6. The number of hydrogen-bond donors (Lipinski definition) is 2. The molecule has 1 aliphatic carbocycles. The third-order valence-corrected chi connectivity index (χ3v) is 5.71. The summed E-state index contributed by atoms with van der Waals surface area (Å²) in [7, 11) is 0. The number of pyridine rings is 1. The lowest BCUT2D eigenvalue weighted by Crippen LogP contribution is -2.26. The molecule has 0 amide bonds. The van der Waals surface area contributed by atoms with Gasteiger partial charge in [-0.15, -0.1) is 0 Å². The zero-order chi connectivity index (χ0) is 19.3. The summed E-state index contributed by atoms with van der Waals surface area (Å²) in [5.41, 5.74) is 9.35. The van der Waals surface area contributed by atoms with Crippen molar-refractivity contribution >= 4 is 28.5 Å². The van der Waals surface area contributed by atoms with Crippen LogP contribution in [0.4, 0.5) is 0 Å². The predicted octanol–water partition coefficient (Wildman–Crippen LogP) is 3.39. The molecule has 1 aromatic heterocycles. The number of nitrogens with two attached hydrogens (primary N) is 1. The van der Waals surface area contributed by atoms with Crippen LogP contribution < -0.4 is 11.2 Å². The number of rotatable bonds is 3. The van der Waals surface area contributed by atoms with E-state index in [1.807, 2.05) is 25.1 Å². The van der Waals surface area contributed by atoms with Crippen molar-refractivity contribution in [2.75, 3.05) is 0 Å². The first-order valence-corrected chi connectivity index (χ1v) is 9.23. The minimum absolute atomic E-state index is 0.124. The first-order valence-electron chi connectivity index (χ1n) is 8.85. The Kier molecular flexibility index (Phi) is 4.29. The molecule has 5 nitrogen and oxygen atoms in total. The number of carbonyl (C=O) groups is 1. The first kappa shape index (κ1) is 17.8. The Labute approximate surface area is 161 Å². The molecule has 1 heterocycles. The second kappa shape index (κ2) is 6.51. The Morgan fingerprint density at radius 2 is 2.04 bits per heavy atom. The minimum atomic E-state index is -1.23. The van der Waals surface area contributed by atoms with Crippen molar-refractivity contribution in [1.82, 2.24) is 4.57 Å². The molecule has 0 bridgehead atoms. The van der Waals surface area contributed by atoms with Crippen LogP contribution in [-0.4, -0.2) is 21.7 Å². The molecule has 3 N–H and O–H groups in total. The molecule has 3 aromatic rings. The van der Waals surface area contributed by atoms with Crippen LogP contribution >= 0.6 is 11.6 Å². The van der Waals surface area contributed by atoms with Gasteiger partial charge in [0, 0.05) is 35.1 Å². The van der Waals surface area contributed by atoms with E-state index in [0.717, 1.165) is 17.5 Å². The van der Waals surface area contributed by atoms with Crippen LogP contribution in [0.15, 0.2) is 47.4 Å². The van der Waals surface area contributed by atoms with Crippen molar-refractivity contribution in [3.63, 3.8) is 0 Å². The third-order valence-electron chi connectivity index (χ3n) is 5.38. The highest BCUT2D eigenvalue weighted by atomic mass is 35.5. The maximum Gasteiger partial charge on any atom is 0.341 e. The highest BCUT2D eigenvalue weighted by Gasteiger charge is 2.32. The molecule has 0 radical (unpaired) electrons. The second-order valence-corrected chi connectivity index (χ2v) is 7.31. The number of carboxylic acid groups (broad SMARTS) is 1. The smallest absolute Gasteiger partial charge is 0.341 e. The van der Waals surface area contributed by atoms with Gasteiger partial charge in [-0.05, 0) is 42.2 Å². The molecule has 2 unspecified atom stereocenters. The molecule has 1 aliphatic rings. The SMILES string of the molecule is CCn1cc(C(=O)O)c(=O)c2cc(C3c4ccccc4CC3N)c(Cl)cc21. The van der Waals surface area contributed by atoms with Crippen LogP contribution in [-0.2, 0) is 13.0 Å². The number of fused-ring (bicyclic) bond motifs is 2. The summed E-state index contributed by atoms with van der Waals surface area (Å²) in [5, 5.41) is 10.3. The van der Waals surface area contributed by atoms with Crippen molar-refractivity contribution in [2.45, 2.75) is 31.8 Å². The van der Waals surface area contributed by atoms with Gasteiger partial charge < -0.3 is 15.4 Å². The molecule has 0 saturated carbocycles. The fourth-order valence-electron chi connectivity index (χ4n) is 4.10. The van der Waals surface area contributed by atoms with Crippen LogP contribution in [0.3, 0.4) is 0 Å². The average molecular weight is 383 g/mol. The van der Waals surface area contributed by atoms with E-state index in [2.05, 4.69) is 6.07 Å². The van der Waals surface area contributed by atoms with E-state index >= 15 is 0 Å². The van der Waals surface area contributed by atoms with Crippen LogP contribution in [0.1, 0.15) is 39.9 Å². The molecule has 138 valence electrons. The van der Waals surface area contributed by atoms with Gasteiger partial charge in [-0.3, -0.25) is 4.79 Å². The van der Waals surface area contributed by atoms with Gasteiger partial charge in [-0.25, -0.2) is 4.79 Å². The number of carboxylic acids is 1. The quantitative estimate of drug-likeness (QED) is 0.727. The van der Waals surface area contributed by atoms with E-state index in [4.69, 9.17) is 17.3 Å². The standard InChI is InChI=1S/C21H19ClN2O3/c1-2-24-10-15(21(26)27)20(25)14-8-13(16(22)9-18(14)24)19-12-6-4-3-5-11(12)7-17(19)23/h3-6,8-10,17,19H,2,7,23H2,1H3,(H,26,27). The Morgan fingerprint density at radius 1 is 1.30 bits per heavy atom. The summed E-state index contributed by atoms with van der Waals surface area (Å²) >= 11 is 6.61. The summed E-state index contributed by atoms with van der Waals surface area (Å²) in [6, 6.07) is 11.4. The molecule has 6 heteroatoms. The van der Waals surface area contributed by atoms with Gasteiger partial charge in [-0.2, -0.15) is 0 Å². The van der Waals surface area contributed by atoms with Crippen LogP contribution in [0.25, 0.3) is 10.9 Å². The molecule has 0 spiro atoms. The third kappa shape index (κ3) is 2.74. The van der Waals surface area contributed by atoms with Crippen LogP contribution in [0.5, 0.6) is 0 Å². The number of aromatic nitrogens is 1. The van der Waals surface area contributed by atoms with Gasteiger partial charge in [0.1, 0.15) is 5.56 Å². The van der Waals surface area contributed by atoms with E-state index in [-0.39, 0.29) is 17.5 Å². The number of benzene rings is 2. The molecule has 4 rings (SSSR count). The topological polar surface area (TPSA) is 85.3 Å². The predicted molar refractivity (Wildman–Crippen MR) is 106 cm³/mol. The van der Waals surface area contributed by atoms with E-state index < -0.39 is 11.4 Å². The Balaban J connectivity index is 2.01. The highest BCUT2D eigenvalue weighted by Crippen LogP contribution is 2.41. The zero-order valence-electron chi connectivity index (χ0n) is 14.8. The number of aryl methyl sites for hydroxylation is 1. The molecular weight excluding hydrogens is 364 g/mol. The minimum Gasteiger partial charge on any atom is -0.477 e. The van der Waals surface area contributed by atoms with Crippen molar-refractivity contribution < 1.29 is 9.90 Å². The van der Waals surface area contributed by atoms with Crippen LogP contribution in [0.2, 0.25) is 5.02 Å². The maximum atomic E-state index is 12.8.